The van der Waals surface area contributed by atoms with Crippen LogP contribution < -0.4 is 5.32 Å². The lowest BCUT2D eigenvalue weighted by Crippen LogP contribution is -2.22. The minimum absolute atomic E-state index is 0.143. The van der Waals surface area contributed by atoms with Gasteiger partial charge in [-0.15, -0.1) is 11.3 Å². The molecule has 0 aromatic carbocycles. The van der Waals surface area contributed by atoms with Crippen LogP contribution in [-0.2, 0) is 4.79 Å². The number of ketones is 1. The van der Waals surface area contributed by atoms with Gasteiger partial charge in [0, 0.05) is 24.2 Å². The molecule has 0 bridgehead atoms. The Kier molecular flexibility index (Phi) is 8.47. The fourth-order valence-electron chi connectivity index (χ4n) is 3.53. The summed E-state index contributed by atoms with van der Waals surface area (Å²) in [6, 6.07) is 9.91. The van der Waals surface area contributed by atoms with Crippen molar-refractivity contribution in [3.05, 3.63) is 53.3 Å². The summed E-state index contributed by atoms with van der Waals surface area (Å²) >= 11 is 1.69. The maximum Gasteiger partial charge on any atom is 0.132 e. The topological polar surface area (TPSA) is 88.0 Å². The molecule has 0 aliphatic heterocycles. The van der Waals surface area contributed by atoms with E-state index in [4.69, 9.17) is 5.11 Å². The minimum atomic E-state index is -0.143. The second kappa shape index (κ2) is 11.3. The van der Waals surface area contributed by atoms with E-state index < -0.39 is 0 Å². The van der Waals surface area contributed by atoms with Gasteiger partial charge in [0.2, 0.25) is 0 Å². The third-order valence-corrected chi connectivity index (χ3v) is 6.78. The zero-order chi connectivity index (χ0) is 23.1. The van der Waals surface area contributed by atoms with E-state index in [0.717, 1.165) is 58.5 Å². The molecule has 2 N–H and O–H groups in total. The second-order valence-corrected chi connectivity index (χ2v) is 9.65. The fraction of sp³-hybridized carbons (Fsp3) is 0.440. The van der Waals surface area contributed by atoms with Crippen LogP contribution in [0.25, 0.3) is 10.6 Å². The molecular weight excluding hydrogens is 420 g/mol. The third-order valence-electron chi connectivity index (χ3n) is 5.46. The summed E-state index contributed by atoms with van der Waals surface area (Å²) in [5.74, 6) is 2.55. The Bertz CT molecular complexity index is 1030. The highest BCUT2D eigenvalue weighted by Gasteiger charge is 2.21. The van der Waals surface area contributed by atoms with Crippen molar-refractivity contribution in [2.45, 2.75) is 65.4 Å². The number of carbonyl (C=O) groups is 1. The largest absolute Gasteiger partial charge is 0.393 e. The number of aliphatic hydroxyl groups is 1. The Hall–Kier alpha value is -2.64. The Morgan fingerprint density at radius 3 is 2.50 bits per heavy atom. The van der Waals surface area contributed by atoms with E-state index in [1.807, 2.05) is 43.5 Å². The summed E-state index contributed by atoms with van der Waals surface area (Å²) in [4.78, 5) is 25.3. The number of anilines is 2. The zero-order valence-electron chi connectivity index (χ0n) is 19.2. The molecule has 0 amide bonds. The van der Waals surface area contributed by atoms with Crippen LogP contribution in [0.2, 0.25) is 0 Å². The molecular formula is C25H32N4O2S. The number of aryl methyl sites for hydroxylation is 1. The first-order valence-corrected chi connectivity index (χ1v) is 11.9. The maximum atomic E-state index is 10.8. The first kappa shape index (κ1) is 24.0. The average molecular weight is 453 g/mol. The molecule has 0 spiro atoms. The van der Waals surface area contributed by atoms with Gasteiger partial charge in [-0.1, -0.05) is 19.9 Å². The van der Waals surface area contributed by atoms with Crippen molar-refractivity contribution in [3.63, 3.8) is 0 Å². The van der Waals surface area contributed by atoms with Crippen LogP contribution >= 0.6 is 11.3 Å². The van der Waals surface area contributed by atoms with Gasteiger partial charge in [0.25, 0.3) is 0 Å². The highest BCUT2D eigenvalue weighted by Crippen LogP contribution is 2.29. The highest BCUT2D eigenvalue weighted by atomic mass is 32.1. The summed E-state index contributed by atoms with van der Waals surface area (Å²) in [7, 11) is 0. The van der Waals surface area contributed by atoms with Crippen molar-refractivity contribution in [2.24, 2.45) is 5.92 Å². The lowest BCUT2D eigenvalue weighted by molar-refractivity contribution is -0.122. The predicted octanol–water partition coefficient (Wildman–Crippen LogP) is 5.90. The quantitative estimate of drug-likeness (QED) is 0.501. The Balaban J connectivity index is 0.000000243. The molecule has 6 nitrogen and oxygen atoms in total. The second-order valence-electron chi connectivity index (χ2n) is 8.59. The zero-order valence-corrected chi connectivity index (χ0v) is 20.0. The van der Waals surface area contributed by atoms with Crippen molar-refractivity contribution >= 4 is 28.8 Å². The molecule has 3 heterocycles. The van der Waals surface area contributed by atoms with Gasteiger partial charge < -0.3 is 10.4 Å². The van der Waals surface area contributed by atoms with Crippen LogP contribution in [0.5, 0.6) is 0 Å². The molecule has 170 valence electrons. The maximum absolute atomic E-state index is 10.8. The first-order valence-electron chi connectivity index (χ1n) is 11.1. The molecule has 7 heteroatoms. The molecule has 3 aromatic heterocycles. The van der Waals surface area contributed by atoms with Crippen molar-refractivity contribution in [1.29, 1.82) is 0 Å². The summed E-state index contributed by atoms with van der Waals surface area (Å²) in [5.41, 5.74) is 2.10. The van der Waals surface area contributed by atoms with Crippen LogP contribution in [0.3, 0.4) is 0 Å². The smallest absolute Gasteiger partial charge is 0.132 e. The number of rotatable bonds is 5. The normalized spacial score (nSPS) is 18.1. The van der Waals surface area contributed by atoms with Crippen molar-refractivity contribution in [1.82, 2.24) is 15.0 Å². The Morgan fingerprint density at radius 2 is 1.88 bits per heavy atom. The van der Waals surface area contributed by atoms with Gasteiger partial charge in [-0.2, -0.15) is 0 Å². The summed E-state index contributed by atoms with van der Waals surface area (Å²) < 4.78 is 0. The minimum Gasteiger partial charge on any atom is -0.393 e. The van der Waals surface area contributed by atoms with Gasteiger partial charge >= 0.3 is 0 Å². The molecule has 1 aliphatic carbocycles. The number of nitrogens with one attached hydrogen (secondary N) is 1. The summed E-state index contributed by atoms with van der Waals surface area (Å²) in [6.07, 6.45) is 6.94. The molecule has 3 aromatic rings. The molecule has 1 aliphatic rings. The number of aromatic nitrogens is 3. The number of aliphatic hydroxyl groups excluding tert-OH is 1. The van der Waals surface area contributed by atoms with E-state index in [1.165, 1.54) is 0 Å². The molecule has 0 saturated heterocycles. The van der Waals surface area contributed by atoms with Crippen molar-refractivity contribution < 1.29 is 9.90 Å². The predicted molar refractivity (Wildman–Crippen MR) is 130 cm³/mol. The molecule has 32 heavy (non-hydrogen) atoms. The number of hydrogen-bond acceptors (Lipinski definition) is 7. The van der Waals surface area contributed by atoms with E-state index in [0.29, 0.717) is 5.92 Å². The number of pyridine rings is 2. The molecule has 1 fully saturated rings. The molecule has 0 unspecified atom stereocenters. The van der Waals surface area contributed by atoms with E-state index in [2.05, 4.69) is 34.1 Å². The average Bonchev–Trinajstić information content (AvgIpc) is 3.26. The Morgan fingerprint density at radius 1 is 1.12 bits per heavy atom. The SMILES string of the molecule is CC(=O)C1CCC(O)CC1.Cc1ccnc(Nc2cccc(-c3cnc(C(C)C)s3)n2)c1. The van der Waals surface area contributed by atoms with Crippen molar-refractivity contribution in [2.75, 3.05) is 5.32 Å². The molecule has 4 rings (SSSR count). The van der Waals surface area contributed by atoms with E-state index >= 15 is 0 Å². The first-order chi connectivity index (χ1) is 15.3. The van der Waals surface area contributed by atoms with Crippen molar-refractivity contribution in [3.8, 4) is 10.6 Å². The fourth-order valence-corrected chi connectivity index (χ4v) is 4.42. The number of Topliss-reactive ketones (excluding diaryl/α,β-unsaturated/α-hetero) is 1. The third kappa shape index (κ3) is 6.93. The number of nitrogens with zero attached hydrogens (tertiary/aromatic N) is 3. The highest BCUT2D eigenvalue weighted by molar-refractivity contribution is 7.15. The summed E-state index contributed by atoms with van der Waals surface area (Å²) in [6.45, 7) is 7.98. The standard InChI is InChI=1S/C17H18N4S.C8H14O2/c1-11(2)17-19-10-14(22-17)13-5-4-6-15(20-13)21-16-9-12(3)7-8-18-16;1-6(9)7-2-4-8(10)5-3-7/h4-11H,1-3H3,(H,18,20,21);7-8,10H,2-5H2,1H3. The van der Waals surface area contributed by atoms with Crippen LogP contribution in [0.4, 0.5) is 11.6 Å². The van der Waals surface area contributed by atoms with Gasteiger partial charge in [0.15, 0.2) is 0 Å². The van der Waals surface area contributed by atoms with Crippen LogP contribution in [0, 0.1) is 12.8 Å². The number of hydrogen-bond donors (Lipinski definition) is 2. The van der Waals surface area contributed by atoms with Crippen LogP contribution in [0.1, 0.15) is 62.9 Å². The van der Waals surface area contributed by atoms with Gasteiger partial charge in [-0.3, -0.25) is 4.79 Å². The van der Waals surface area contributed by atoms with Gasteiger partial charge in [0.1, 0.15) is 17.4 Å². The van der Waals surface area contributed by atoms with Crippen LogP contribution in [0.15, 0.2) is 42.7 Å². The van der Waals surface area contributed by atoms with E-state index in [9.17, 15) is 4.79 Å². The van der Waals surface area contributed by atoms with Gasteiger partial charge in [0.05, 0.1) is 21.7 Å². The monoisotopic (exact) mass is 452 g/mol. The Labute approximate surface area is 194 Å². The van der Waals surface area contributed by atoms with Crippen LogP contribution in [-0.4, -0.2) is 31.9 Å². The summed E-state index contributed by atoms with van der Waals surface area (Å²) in [5, 5.41) is 13.5. The molecule has 0 atom stereocenters. The van der Waals surface area contributed by atoms with Gasteiger partial charge in [-0.05, 0) is 69.4 Å². The lowest BCUT2D eigenvalue weighted by atomic mass is 9.85. The molecule has 1 saturated carbocycles. The van der Waals surface area contributed by atoms with E-state index in [-0.39, 0.29) is 17.8 Å². The van der Waals surface area contributed by atoms with E-state index in [1.54, 1.807) is 24.5 Å². The van der Waals surface area contributed by atoms with Gasteiger partial charge in [-0.25, -0.2) is 15.0 Å². The number of carbonyl (C=O) groups excluding carboxylic acids is 1. The molecule has 0 radical (unpaired) electrons. The number of thiazole rings is 1. The lowest BCUT2D eigenvalue weighted by Gasteiger charge is -2.22.